The van der Waals surface area contributed by atoms with E-state index >= 15 is 0 Å². The Morgan fingerprint density at radius 2 is 2.12 bits per heavy atom. The Kier molecular flexibility index (Phi) is 4.40. The van der Waals surface area contributed by atoms with Crippen molar-refractivity contribution in [3.63, 3.8) is 0 Å². The van der Waals surface area contributed by atoms with E-state index in [2.05, 4.69) is 10.2 Å². The molecule has 98 valence electrons. The number of aliphatic carboxylic acids is 1. The van der Waals surface area contributed by atoms with Crippen LogP contribution in [0.3, 0.4) is 0 Å². The van der Waals surface area contributed by atoms with E-state index in [1.807, 2.05) is 7.05 Å². The third-order valence-electron chi connectivity index (χ3n) is 4.00. The van der Waals surface area contributed by atoms with E-state index < -0.39 is 5.97 Å². The summed E-state index contributed by atoms with van der Waals surface area (Å²) >= 11 is 0. The zero-order valence-corrected chi connectivity index (χ0v) is 10.7. The number of carboxylic acids is 1. The maximum atomic E-state index is 10.6. The lowest BCUT2D eigenvalue weighted by Crippen LogP contribution is -2.48. The number of carboxylic acid groups (broad SMARTS) is 1. The molecule has 0 amide bonds. The highest BCUT2D eigenvalue weighted by atomic mass is 16.4. The molecule has 2 rings (SSSR count). The number of nitrogens with zero attached hydrogens (tertiary/aromatic N) is 1. The predicted molar refractivity (Wildman–Crippen MR) is 67.0 cm³/mol. The highest BCUT2D eigenvalue weighted by Crippen LogP contribution is 2.31. The highest BCUT2D eigenvalue weighted by Gasteiger charge is 2.30. The summed E-state index contributed by atoms with van der Waals surface area (Å²) in [5.41, 5.74) is 0. The van der Waals surface area contributed by atoms with Crippen molar-refractivity contribution < 1.29 is 9.90 Å². The molecular formula is C13H24N2O2. The van der Waals surface area contributed by atoms with Crippen molar-refractivity contribution in [1.82, 2.24) is 10.2 Å². The van der Waals surface area contributed by atoms with Gasteiger partial charge in [-0.05, 0) is 44.6 Å². The Morgan fingerprint density at radius 1 is 1.35 bits per heavy atom. The fraction of sp³-hybridized carbons (Fsp3) is 0.923. The minimum Gasteiger partial charge on any atom is -0.481 e. The molecule has 2 atom stereocenters. The SMILES string of the molecule is CNC1CC(CCC(=O)O)CN(CC2CC2)C1. The van der Waals surface area contributed by atoms with Gasteiger partial charge >= 0.3 is 5.97 Å². The summed E-state index contributed by atoms with van der Waals surface area (Å²) in [6.07, 6.45) is 5.05. The fourth-order valence-corrected chi connectivity index (χ4v) is 2.86. The maximum Gasteiger partial charge on any atom is 0.303 e. The van der Waals surface area contributed by atoms with Crippen LogP contribution in [0.1, 0.15) is 32.1 Å². The second kappa shape index (κ2) is 5.83. The van der Waals surface area contributed by atoms with Gasteiger partial charge in [-0.1, -0.05) is 0 Å². The first kappa shape index (κ1) is 12.8. The van der Waals surface area contributed by atoms with Crippen LogP contribution in [0.2, 0.25) is 0 Å². The van der Waals surface area contributed by atoms with Crippen LogP contribution in [0.4, 0.5) is 0 Å². The topological polar surface area (TPSA) is 52.6 Å². The smallest absolute Gasteiger partial charge is 0.303 e. The Balaban J connectivity index is 1.80. The quantitative estimate of drug-likeness (QED) is 0.732. The molecule has 0 radical (unpaired) electrons. The zero-order valence-electron chi connectivity index (χ0n) is 10.7. The van der Waals surface area contributed by atoms with Gasteiger partial charge in [0.1, 0.15) is 0 Å². The Labute approximate surface area is 103 Å². The lowest BCUT2D eigenvalue weighted by Gasteiger charge is -2.37. The first-order valence-corrected chi connectivity index (χ1v) is 6.78. The van der Waals surface area contributed by atoms with Gasteiger partial charge in [-0.3, -0.25) is 4.79 Å². The second-order valence-corrected chi connectivity index (χ2v) is 5.68. The van der Waals surface area contributed by atoms with Crippen LogP contribution in [0.15, 0.2) is 0 Å². The highest BCUT2D eigenvalue weighted by molar-refractivity contribution is 5.66. The monoisotopic (exact) mass is 240 g/mol. The Bertz CT molecular complexity index is 266. The van der Waals surface area contributed by atoms with E-state index in [0.717, 1.165) is 31.8 Å². The van der Waals surface area contributed by atoms with Crippen molar-refractivity contribution in [2.24, 2.45) is 11.8 Å². The van der Waals surface area contributed by atoms with E-state index in [0.29, 0.717) is 18.4 Å². The van der Waals surface area contributed by atoms with Crippen LogP contribution in [0, 0.1) is 11.8 Å². The summed E-state index contributed by atoms with van der Waals surface area (Å²) in [6, 6.07) is 0.543. The fourth-order valence-electron chi connectivity index (χ4n) is 2.86. The van der Waals surface area contributed by atoms with Crippen molar-refractivity contribution >= 4 is 5.97 Å². The summed E-state index contributed by atoms with van der Waals surface area (Å²) in [7, 11) is 2.01. The molecule has 2 N–H and O–H groups in total. The number of rotatable bonds is 6. The van der Waals surface area contributed by atoms with Crippen LogP contribution in [0.25, 0.3) is 0 Å². The van der Waals surface area contributed by atoms with E-state index in [1.165, 1.54) is 19.4 Å². The van der Waals surface area contributed by atoms with Crippen molar-refractivity contribution in [2.75, 3.05) is 26.7 Å². The molecule has 0 aromatic heterocycles. The molecule has 17 heavy (non-hydrogen) atoms. The predicted octanol–water partition coefficient (Wildman–Crippen LogP) is 1.17. The molecule has 1 aliphatic heterocycles. The molecule has 2 fully saturated rings. The van der Waals surface area contributed by atoms with Crippen LogP contribution >= 0.6 is 0 Å². The third kappa shape index (κ3) is 4.28. The number of piperidine rings is 1. The summed E-state index contributed by atoms with van der Waals surface area (Å²) in [4.78, 5) is 13.2. The standard InChI is InChI=1S/C13H24N2O2/c1-14-12-6-11(4-5-13(16)17)8-15(9-12)7-10-2-3-10/h10-12,14H,2-9H2,1H3,(H,16,17). The van der Waals surface area contributed by atoms with Crippen LogP contribution in [0.5, 0.6) is 0 Å². The number of hydrogen-bond donors (Lipinski definition) is 2. The Hall–Kier alpha value is -0.610. The molecule has 1 heterocycles. The van der Waals surface area contributed by atoms with Gasteiger partial charge < -0.3 is 15.3 Å². The summed E-state index contributed by atoms with van der Waals surface area (Å²) < 4.78 is 0. The van der Waals surface area contributed by atoms with Gasteiger partial charge in [0.25, 0.3) is 0 Å². The average molecular weight is 240 g/mol. The minimum atomic E-state index is -0.662. The number of nitrogens with one attached hydrogen (secondary N) is 1. The van der Waals surface area contributed by atoms with E-state index in [-0.39, 0.29) is 0 Å². The molecule has 0 aromatic rings. The second-order valence-electron chi connectivity index (χ2n) is 5.68. The molecular weight excluding hydrogens is 216 g/mol. The molecule has 0 spiro atoms. The summed E-state index contributed by atoms with van der Waals surface area (Å²) in [5, 5.41) is 12.1. The van der Waals surface area contributed by atoms with Crippen molar-refractivity contribution in [2.45, 2.75) is 38.1 Å². The first-order chi connectivity index (χ1) is 8.17. The van der Waals surface area contributed by atoms with Gasteiger partial charge in [0.2, 0.25) is 0 Å². The molecule has 1 aliphatic carbocycles. The number of carbonyl (C=O) groups is 1. The van der Waals surface area contributed by atoms with Crippen LogP contribution in [-0.4, -0.2) is 48.7 Å². The molecule has 1 saturated carbocycles. The van der Waals surface area contributed by atoms with Crippen LogP contribution in [-0.2, 0) is 4.79 Å². The summed E-state index contributed by atoms with van der Waals surface area (Å²) in [5.74, 6) is 0.812. The van der Waals surface area contributed by atoms with E-state index in [4.69, 9.17) is 5.11 Å². The van der Waals surface area contributed by atoms with Crippen molar-refractivity contribution in [1.29, 1.82) is 0 Å². The molecule has 0 aromatic carbocycles. The number of likely N-dealkylation sites (N-methyl/N-ethyl adjacent to an activating group) is 1. The molecule has 2 aliphatic rings. The van der Waals surface area contributed by atoms with Gasteiger partial charge in [0.05, 0.1) is 0 Å². The van der Waals surface area contributed by atoms with Crippen molar-refractivity contribution in [3.8, 4) is 0 Å². The van der Waals surface area contributed by atoms with Crippen LogP contribution < -0.4 is 5.32 Å². The molecule has 2 unspecified atom stereocenters. The molecule has 4 heteroatoms. The van der Waals surface area contributed by atoms with E-state index in [9.17, 15) is 4.79 Å². The van der Waals surface area contributed by atoms with E-state index in [1.54, 1.807) is 0 Å². The summed E-state index contributed by atoms with van der Waals surface area (Å²) in [6.45, 7) is 3.46. The number of hydrogen-bond acceptors (Lipinski definition) is 3. The van der Waals surface area contributed by atoms with Gasteiger partial charge in [-0.2, -0.15) is 0 Å². The molecule has 4 nitrogen and oxygen atoms in total. The number of likely N-dealkylation sites (tertiary alicyclic amines) is 1. The largest absolute Gasteiger partial charge is 0.481 e. The Morgan fingerprint density at radius 3 is 2.71 bits per heavy atom. The van der Waals surface area contributed by atoms with Gasteiger partial charge in [-0.25, -0.2) is 0 Å². The maximum absolute atomic E-state index is 10.6. The minimum absolute atomic E-state index is 0.318. The lowest BCUT2D eigenvalue weighted by molar-refractivity contribution is -0.137. The first-order valence-electron chi connectivity index (χ1n) is 6.78. The molecule has 1 saturated heterocycles. The van der Waals surface area contributed by atoms with Crippen molar-refractivity contribution in [3.05, 3.63) is 0 Å². The lowest BCUT2D eigenvalue weighted by atomic mass is 9.90. The normalized spacial score (nSPS) is 30.4. The van der Waals surface area contributed by atoms with Gasteiger partial charge in [0, 0.05) is 32.1 Å². The van der Waals surface area contributed by atoms with Gasteiger partial charge in [0.15, 0.2) is 0 Å². The third-order valence-corrected chi connectivity index (χ3v) is 4.00. The zero-order chi connectivity index (χ0) is 12.3. The van der Waals surface area contributed by atoms with Gasteiger partial charge in [-0.15, -0.1) is 0 Å². The molecule has 0 bridgehead atoms. The average Bonchev–Trinajstić information content (AvgIpc) is 3.10.